The van der Waals surface area contributed by atoms with Gasteiger partial charge in [-0.05, 0) is 12.8 Å². The van der Waals surface area contributed by atoms with Crippen molar-refractivity contribution >= 4 is 0 Å². The average Bonchev–Trinajstić information content (AvgIpc) is 1.61. The van der Waals surface area contributed by atoms with Crippen LogP contribution in [-0.4, -0.2) is 12.5 Å². The Balaban J connectivity index is 2.26. The molecule has 1 rings (SSSR count). The standard InChI is InChI=1S/C5H9F2N/c6-5(7)3-1-2-4(3)8/h3-5H,1-2,8H2. The summed E-state index contributed by atoms with van der Waals surface area (Å²) in [5.74, 6) is -0.505. The first-order valence-corrected chi connectivity index (χ1v) is 2.75. The summed E-state index contributed by atoms with van der Waals surface area (Å²) in [6.07, 6.45) is -0.813. The maximum Gasteiger partial charge on any atom is 0.242 e. The van der Waals surface area contributed by atoms with Crippen LogP contribution in [0.1, 0.15) is 12.8 Å². The average molecular weight is 121 g/mol. The highest BCUT2D eigenvalue weighted by molar-refractivity contribution is 4.84. The predicted octanol–water partition coefficient (Wildman–Crippen LogP) is 0.989. The molecule has 0 aliphatic heterocycles. The van der Waals surface area contributed by atoms with Crippen LogP contribution in [0, 0.1) is 5.92 Å². The Kier molecular flexibility index (Phi) is 1.47. The van der Waals surface area contributed by atoms with Crippen LogP contribution >= 0.6 is 0 Å². The number of halogens is 2. The first-order valence-electron chi connectivity index (χ1n) is 2.75. The van der Waals surface area contributed by atoms with Crippen LogP contribution < -0.4 is 5.73 Å². The fraction of sp³-hybridized carbons (Fsp3) is 1.00. The third-order valence-corrected chi connectivity index (χ3v) is 1.71. The number of hydrogen-bond donors (Lipinski definition) is 1. The summed E-state index contributed by atoms with van der Waals surface area (Å²) in [4.78, 5) is 0. The molecule has 1 nitrogen and oxygen atoms in total. The smallest absolute Gasteiger partial charge is 0.242 e. The van der Waals surface area contributed by atoms with Gasteiger partial charge in [0.2, 0.25) is 6.43 Å². The fourth-order valence-corrected chi connectivity index (χ4v) is 0.864. The second-order valence-corrected chi connectivity index (χ2v) is 2.24. The van der Waals surface area contributed by atoms with E-state index in [1.54, 1.807) is 0 Å². The Morgan fingerprint density at radius 3 is 2.00 bits per heavy atom. The van der Waals surface area contributed by atoms with E-state index in [1.165, 1.54) is 0 Å². The molecule has 8 heavy (non-hydrogen) atoms. The second kappa shape index (κ2) is 1.97. The van der Waals surface area contributed by atoms with Gasteiger partial charge < -0.3 is 5.73 Å². The van der Waals surface area contributed by atoms with Gasteiger partial charge in [-0.1, -0.05) is 0 Å². The largest absolute Gasteiger partial charge is 0.327 e. The summed E-state index contributed by atoms with van der Waals surface area (Å²) in [7, 11) is 0. The Labute approximate surface area is 46.9 Å². The first kappa shape index (κ1) is 5.95. The van der Waals surface area contributed by atoms with Gasteiger partial charge in [0.05, 0.1) is 0 Å². The summed E-state index contributed by atoms with van der Waals surface area (Å²) < 4.78 is 23.3. The van der Waals surface area contributed by atoms with Gasteiger partial charge in [0.25, 0.3) is 0 Å². The monoisotopic (exact) mass is 121 g/mol. The zero-order chi connectivity index (χ0) is 6.15. The zero-order valence-corrected chi connectivity index (χ0v) is 4.48. The molecule has 0 heterocycles. The summed E-state index contributed by atoms with van der Waals surface area (Å²) in [5, 5.41) is 0. The Bertz CT molecular complexity index is 79.7. The Hall–Kier alpha value is -0.180. The minimum absolute atomic E-state index is 0.227. The Morgan fingerprint density at radius 2 is 2.00 bits per heavy atom. The quantitative estimate of drug-likeness (QED) is 0.550. The van der Waals surface area contributed by atoms with Crippen LogP contribution in [0.4, 0.5) is 8.78 Å². The van der Waals surface area contributed by atoms with Crippen molar-refractivity contribution in [2.45, 2.75) is 25.3 Å². The third-order valence-electron chi connectivity index (χ3n) is 1.71. The highest BCUT2D eigenvalue weighted by Crippen LogP contribution is 2.30. The van der Waals surface area contributed by atoms with E-state index in [0.717, 1.165) is 6.42 Å². The van der Waals surface area contributed by atoms with Crippen molar-refractivity contribution in [1.29, 1.82) is 0 Å². The minimum atomic E-state index is -2.20. The zero-order valence-electron chi connectivity index (χ0n) is 4.48. The second-order valence-electron chi connectivity index (χ2n) is 2.24. The van der Waals surface area contributed by atoms with Gasteiger partial charge in [0, 0.05) is 12.0 Å². The molecule has 0 aromatic heterocycles. The van der Waals surface area contributed by atoms with Crippen molar-refractivity contribution in [3.63, 3.8) is 0 Å². The molecule has 48 valence electrons. The van der Waals surface area contributed by atoms with E-state index in [1.807, 2.05) is 0 Å². The van der Waals surface area contributed by atoms with E-state index in [2.05, 4.69) is 0 Å². The van der Waals surface area contributed by atoms with E-state index in [9.17, 15) is 8.78 Å². The molecule has 2 N–H and O–H groups in total. The van der Waals surface area contributed by atoms with Crippen molar-refractivity contribution in [3.05, 3.63) is 0 Å². The molecule has 1 aliphatic carbocycles. The molecule has 1 aliphatic rings. The number of nitrogens with two attached hydrogens (primary N) is 1. The molecule has 1 fully saturated rings. The molecule has 0 saturated heterocycles. The lowest BCUT2D eigenvalue weighted by Crippen LogP contribution is -2.43. The maximum absolute atomic E-state index is 11.7. The van der Waals surface area contributed by atoms with Crippen LogP contribution in [0.2, 0.25) is 0 Å². The molecule has 0 aromatic carbocycles. The highest BCUT2D eigenvalue weighted by atomic mass is 19.3. The van der Waals surface area contributed by atoms with Crippen molar-refractivity contribution < 1.29 is 8.78 Å². The van der Waals surface area contributed by atoms with Crippen molar-refractivity contribution in [2.24, 2.45) is 11.7 Å². The molecule has 1 saturated carbocycles. The molecule has 2 unspecified atom stereocenters. The van der Waals surface area contributed by atoms with Crippen LogP contribution in [0.3, 0.4) is 0 Å². The Morgan fingerprint density at radius 1 is 1.38 bits per heavy atom. The van der Waals surface area contributed by atoms with Gasteiger partial charge in [-0.15, -0.1) is 0 Å². The topological polar surface area (TPSA) is 26.0 Å². The lowest BCUT2D eigenvalue weighted by atomic mass is 9.81. The summed E-state index contributed by atoms with van der Waals surface area (Å²) in [6.45, 7) is 0. The fourth-order valence-electron chi connectivity index (χ4n) is 0.864. The lowest BCUT2D eigenvalue weighted by molar-refractivity contribution is 0.0193. The normalized spacial score (nSPS) is 37.5. The molecule has 3 heteroatoms. The number of rotatable bonds is 1. The summed E-state index contributed by atoms with van der Waals surface area (Å²) in [6, 6.07) is -0.227. The van der Waals surface area contributed by atoms with E-state index < -0.39 is 12.3 Å². The van der Waals surface area contributed by atoms with Crippen molar-refractivity contribution in [2.75, 3.05) is 0 Å². The molecule has 0 amide bonds. The van der Waals surface area contributed by atoms with Gasteiger partial charge in [-0.25, -0.2) is 8.78 Å². The molecular formula is C5H9F2N. The van der Waals surface area contributed by atoms with Gasteiger partial charge in [0.1, 0.15) is 0 Å². The molecular weight excluding hydrogens is 112 g/mol. The van der Waals surface area contributed by atoms with Gasteiger partial charge in [-0.2, -0.15) is 0 Å². The number of hydrogen-bond acceptors (Lipinski definition) is 1. The van der Waals surface area contributed by atoms with Crippen LogP contribution in [-0.2, 0) is 0 Å². The number of alkyl halides is 2. The van der Waals surface area contributed by atoms with Crippen LogP contribution in [0.15, 0.2) is 0 Å². The van der Waals surface area contributed by atoms with E-state index in [0.29, 0.717) is 6.42 Å². The van der Waals surface area contributed by atoms with Gasteiger partial charge >= 0.3 is 0 Å². The SMILES string of the molecule is NC1CCC1C(F)F. The van der Waals surface area contributed by atoms with E-state index in [-0.39, 0.29) is 6.04 Å². The van der Waals surface area contributed by atoms with Gasteiger partial charge in [-0.3, -0.25) is 0 Å². The third kappa shape index (κ3) is 0.823. The van der Waals surface area contributed by atoms with Crippen molar-refractivity contribution in [3.8, 4) is 0 Å². The molecule has 0 spiro atoms. The highest BCUT2D eigenvalue weighted by Gasteiger charge is 2.34. The predicted molar refractivity (Wildman–Crippen MR) is 26.7 cm³/mol. The summed E-state index contributed by atoms with van der Waals surface area (Å²) >= 11 is 0. The van der Waals surface area contributed by atoms with Crippen molar-refractivity contribution in [1.82, 2.24) is 0 Å². The molecule has 2 atom stereocenters. The molecule has 0 bridgehead atoms. The minimum Gasteiger partial charge on any atom is -0.327 e. The van der Waals surface area contributed by atoms with Crippen LogP contribution in [0.25, 0.3) is 0 Å². The first-order chi connectivity index (χ1) is 3.72. The van der Waals surface area contributed by atoms with Gasteiger partial charge in [0.15, 0.2) is 0 Å². The maximum atomic E-state index is 11.7. The summed E-state index contributed by atoms with van der Waals surface area (Å²) in [5.41, 5.74) is 5.24. The molecule has 0 aromatic rings. The van der Waals surface area contributed by atoms with E-state index in [4.69, 9.17) is 5.73 Å². The van der Waals surface area contributed by atoms with E-state index >= 15 is 0 Å². The lowest BCUT2D eigenvalue weighted by Gasteiger charge is -2.32. The van der Waals surface area contributed by atoms with Crippen LogP contribution in [0.5, 0.6) is 0 Å². The molecule has 0 radical (unpaired) electrons.